The summed E-state index contributed by atoms with van der Waals surface area (Å²) in [6, 6.07) is 10.6. The molecule has 0 heterocycles. The normalized spacial score (nSPS) is 11.1. The Labute approximate surface area is 111 Å². The van der Waals surface area contributed by atoms with E-state index in [1.807, 2.05) is 0 Å². The van der Waals surface area contributed by atoms with Crippen molar-refractivity contribution in [3.8, 4) is 0 Å². The summed E-state index contributed by atoms with van der Waals surface area (Å²) in [6.45, 7) is 7.56. The highest BCUT2D eigenvalue weighted by Gasteiger charge is 2.05. The van der Waals surface area contributed by atoms with Crippen molar-refractivity contribution in [1.82, 2.24) is 4.90 Å². The smallest absolute Gasteiger partial charge is 0.0593 e. The molecular formula is C15H26N2O. The van der Waals surface area contributed by atoms with Crippen LogP contribution in [0.1, 0.15) is 25.3 Å². The van der Waals surface area contributed by atoms with Crippen LogP contribution < -0.4 is 5.73 Å². The quantitative estimate of drug-likeness (QED) is 0.647. The van der Waals surface area contributed by atoms with Gasteiger partial charge in [-0.3, -0.25) is 4.90 Å². The summed E-state index contributed by atoms with van der Waals surface area (Å²) in [5, 5.41) is 0. The molecule has 0 aromatic heterocycles. The topological polar surface area (TPSA) is 38.5 Å². The summed E-state index contributed by atoms with van der Waals surface area (Å²) in [4.78, 5) is 2.41. The molecular weight excluding hydrogens is 224 g/mol. The first kappa shape index (κ1) is 15.2. The van der Waals surface area contributed by atoms with Crippen LogP contribution in [-0.4, -0.2) is 37.7 Å². The second-order valence-electron chi connectivity index (χ2n) is 4.52. The van der Waals surface area contributed by atoms with Gasteiger partial charge in [0, 0.05) is 19.7 Å². The van der Waals surface area contributed by atoms with E-state index in [4.69, 9.17) is 10.5 Å². The lowest BCUT2D eigenvalue weighted by Crippen LogP contribution is -2.29. The van der Waals surface area contributed by atoms with E-state index in [1.165, 1.54) is 5.56 Å². The fraction of sp³-hybridized carbons (Fsp3) is 0.600. The molecule has 1 aromatic rings. The Bertz CT molecular complexity index is 290. The maximum atomic E-state index is 5.59. The van der Waals surface area contributed by atoms with E-state index in [0.29, 0.717) is 0 Å². The highest BCUT2D eigenvalue weighted by atomic mass is 16.5. The van der Waals surface area contributed by atoms with Crippen molar-refractivity contribution in [3.63, 3.8) is 0 Å². The zero-order valence-corrected chi connectivity index (χ0v) is 11.5. The molecule has 0 fully saturated rings. The molecule has 0 aliphatic rings. The molecule has 3 heteroatoms. The Kier molecular flexibility index (Phi) is 8.47. The summed E-state index contributed by atoms with van der Waals surface area (Å²) in [5.41, 5.74) is 6.94. The molecule has 1 aromatic carbocycles. The highest BCUT2D eigenvalue weighted by molar-refractivity contribution is 5.14. The van der Waals surface area contributed by atoms with Crippen molar-refractivity contribution < 1.29 is 4.74 Å². The van der Waals surface area contributed by atoms with Gasteiger partial charge in [-0.25, -0.2) is 0 Å². The molecule has 0 saturated carbocycles. The average molecular weight is 250 g/mol. The van der Waals surface area contributed by atoms with E-state index in [-0.39, 0.29) is 0 Å². The summed E-state index contributed by atoms with van der Waals surface area (Å²) in [5.74, 6) is 0. The van der Waals surface area contributed by atoms with Gasteiger partial charge in [0.25, 0.3) is 0 Å². The predicted molar refractivity (Wildman–Crippen MR) is 76.5 cm³/mol. The van der Waals surface area contributed by atoms with Gasteiger partial charge in [0.15, 0.2) is 0 Å². The third-order valence-electron chi connectivity index (χ3n) is 2.83. The first-order valence-electron chi connectivity index (χ1n) is 6.91. The zero-order chi connectivity index (χ0) is 13.1. The Hall–Kier alpha value is -0.900. The standard InChI is InChI=1S/C15H26N2O/c1-2-12-18-13-11-17(10-6-9-16)14-15-7-4-3-5-8-15/h3-5,7-8H,2,6,9-14,16H2,1H3. The average Bonchev–Trinajstić information content (AvgIpc) is 2.41. The number of hydrogen-bond acceptors (Lipinski definition) is 3. The lowest BCUT2D eigenvalue weighted by molar-refractivity contribution is 0.101. The van der Waals surface area contributed by atoms with Crippen LogP contribution in [0.3, 0.4) is 0 Å². The fourth-order valence-electron chi connectivity index (χ4n) is 1.87. The number of rotatable bonds is 10. The van der Waals surface area contributed by atoms with Gasteiger partial charge < -0.3 is 10.5 Å². The van der Waals surface area contributed by atoms with Crippen molar-refractivity contribution in [2.75, 3.05) is 32.8 Å². The number of nitrogens with zero attached hydrogens (tertiary/aromatic N) is 1. The molecule has 0 amide bonds. The molecule has 0 spiro atoms. The van der Waals surface area contributed by atoms with Gasteiger partial charge in [-0.05, 0) is 31.5 Å². The molecule has 0 unspecified atom stereocenters. The van der Waals surface area contributed by atoms with Crippen LogP contribution in [0.2, 0.25) is 0 Å². The van der Waals surface area contributed by atoms with E-state index < -0.39 is 0 Å². The summed E-state index contributed by atoms with van der Waals surface area (Å²) < 4.78 is 5.56. The molecule has 102 valence electrons. The Morgan fingerprint density at radius 1 is 1.11 bits per heavy atom. The maximum absolute atomic E-state index is 5.59. The van der Waals surface area contributed by atoms with Crippen molar-refractivity contribution in [3.05, 3.63) is 35.9 Å². The van der Waals surface area contributed by atoms with Crippen LogP contribution in [-0.2, 0) is 11.3 Å². The monoisotopic (exact) mass is 250 g/mol. The lowest BCUT2D eigenvalue weighted by Gasteiger charge is -2.22. The van der Waals surface area contributed by atoms with Gasteiger partial charge in [0.05, 0.1) is 6.61 Å². The molecule has 2 N–H and O–H groups in total. The van der Waals surface area contributed by atoms with Gasteiger partial charge >= 0.3 is 0 Å². The molecule has 0 radical (unpaired) electrons. The second-order valence-corrected chi connectivity index (χ2v) is 4.52. The minimum atomic E-state index is 0.751. The first-order chi connectivity index (χ1) is 8.86. The van der Waals surface area contributed by atoms with Crippen LogP contribution in [0.4, 0.5) is 0 Å². The molecule has 0 aliphatic carbocycles. The largest absolute Gasteiger partial charge is 0.380 e. The Morgan fingerprint density at radius 2 is 1.89 bits per heavy atom. The summed E-state index contributed by atoms with van der Waals surface area (Å²) >= 11 is 0. The van der Waals surface area contributed by atoms with Gasteiger partial charge in [0.1, 0.15) is 0 Å². The molecule has 1 rings (SSSR count). The minimum absolute atomic E-state index is 0.751. The number of ether oxygens (including phenoxy) is 1. The summed E-state index contributed by atoms with van der Waals surface area (Å²) in [6.07, 6.45) is 2.13. The number of nitrogens with two attached hydrogens (primary N) is 1. The van der Waals surface area contributed by atoms with Crippen LogP contribution >= 0.6 is 0 Å². The molecule has 0 saturated heterocycles. The Balaban J connectivity index is 2.35. The molecule has 0 bridgehead atoms. The van der Waals surface area contributed by atoms with Crippen molar-refractivity contribution in [2.24, 2.45) is 5.73 Å². The third-order valence-corrected chi connectivity index (χ3v) is 2.83. The lowest BCUT2D eigenvalue weighted by atomic mass is 10.2. The number of benzene rings is 1. The van der Waals surface area contributed by atoms with E-state index in [1.54, 1.807) is 0 Å². The Morgan fingerprint density at radius 3 is 2.56 bits per heavy atom. The van der Waals surface area contributed by atoms with Gasteiger partial charge in [-0.15, -0.1) is 0 Å². The third kappa shape index (κ3) is 6.74. The van der Waals surface area contributed by atoms with Crippen LogP contribution in [0.15, 0.2) is 30.3 Å². The van der Waals surface area contributed by atoms with Crippen LogP contribution in [0, 0.1) is 0 Å². The van der Waals surface area contributed by atoms with Gasteiger partial charge in [-0.1, -0.05) is 37.3 Å². The van der Waals surface area contributed by atoms with Crippen molar-refractivity contribution >= 4 is 0 Å². The molecule has 0 aliphatic heterocycles. The zero-order valence-electron chi connectivity index (χ0n) is 11.5. The molecule has 0 atom stereocenters. The SMILES string of the molecule is CCCOCCN(CCCN)Cc1ccccc1. The van der Waals surface area contributed by atoms with Gasteiger partial charge in [0.2, 0.25) is 0 Å². The minimum Gasteiger partial charge on any atom is -0.380 e. The van der Waals surface area contributed by atoms with Gasteiger partial charge in [-0.2, -0.15) is 0 Å². The van der Waals surface area contributed by atoms with Crippen molar-refractivity contribution in [1.29, 1.82) is 0 Å². The molecule has 18 heavy (non-hydrogen) atoms. The molecule has 3 nitrogen and oxygen atoms in total. The van der Waals surface area contributed by atoms with Crippen LogP contribution in [0.5, 0.6) is 0 Å². The fourth-order valence-corrected chi connectivity index (χ4v) is 1.87. The summed E-state index contributed by atoms with van der Waals surface area (Å²) in [7, 11) is 0. The van der Waals surface area contributed by atoms with E-state index >= 15 is 0 Å². The maximum Gasteiger partial charge on any atom is 0.0593 e. The number of hydrogen-bond donors (Lipinski definition) is 1. The second kappa shape index (κ2) is 10.1. The van der Waals surface area contributed by atoms with E-state index in [2.05, 4.69) is 42.2 Å². The van der Waals surface area contributed by atoms with Crippen molar-refractivity contribution in [2.45, 2.75) is 26.3 Å². The highest BCUT2D eigenvalue weighted by Crippen LogP contribution is 2.04. The first-order valence-corrected chi connectivity index (χ1v) is 6.91. The van der Waals surface area contributed by atoms with E-state index in [0.717, 1.165) is 52.2 Å². The predicted octanol–water partition coefficient (Wildman–Crippen LogP) is 2.26. The van der Waals surface area contributed by atoms with Crippen LogP contribution in [0.25, 0.3) is 0 Å². The van der Waals surface area contributed by atoms with E-state index in [9.17, 15) is 0 Å².